The topological polar surface area (TPSA) is 69.6 Å². The highest BCUT2D eigenvalue weighted by molar-refractivity contribution is 5.96. The molecular weight excluding hydrogens is 232 g/mol. The first-order valence-electron chi connectivity index (χ1n) is 5.89. The van der Waals surface area contributed by atoms with Crippen LogP contribution >= 0.6 is 0 Å². The quantitative estimate of drug-likeness (QED) is 0.784. The van der Waals surface area contributed by atoms with E-state index in [-0.39, 0.29) is 18.4 Å². The van der Waals surface area contributed by atoms with E-state index in [0.29, 0.717) is 6.54 Å². The lowest BCUT2D eigenvalue weighted by Gasteiger charge is -2.36. The summed E-state index contributed by atoms with van der Waals surface area (Å²) in [4.78, 5) is 25.3. The van der Waals surface area contributed by atoms with Crippen LogP contribution < -0.4 is 5.32 Å². The van der Waals surface area contributed by atoms with Gasteiger partial charge in [-0.05, 0) is 12.5 Å². The molecule has 0 radical (unpaired) electrons. The van der Waals surface area contributed by atoms with E-state index in [1.54, 1.807) is 6.92 Å². The summed E-state index contributed by atoms with van der Waals surface area (Å²) in [6.45, 7) is 1.69. The number of aliphatic hydroxyl groups excluding tert-OH is 1. The van der Waals surface area contributed by atoms with Gasteiger partial charge in [0.1, 0.15) is 12.1 Å². The molecule has 1 saturated heterocycles. The molecule has 5 nitrogen and oxygen atoms in total. The number of rotatable bonds is 3. The summed E-state index contributed by atoms with van der Waals surface area (Å²) in [6, 6.07) is 8.14. The Morgan fingerprint density at radius 2 is 1.94 bits per heavy atom. The monoisotopic (exact) mass is 248 g/mol. The number of carbonyl (C=O) groups is 2. The lowest BCUT2D eigenvalue weighted by Crippen LogP contribution is -2.63. The van der Waals surface area contributed by atoms with E-state index < -0.39 is 12.1 Å². The maximum atomic E-state index is 12.1. The van der Waals surface area contributed by atoms with Crippen molar-refractivity contribution in [2.45, 2.75) is 25.6 Å². The van der Waals surface area contributed by atoms with Crippen molar-refractivity contribution in [3.8, 4) is 0 Å². The third kappa shape index (κ3) is 2.36. The van der Waals surface area contributed by atoms with E-state index in [1.165, 1.54) is 4.90 Å². The number of hydrogen-bond donors (Lipinski definition) is 2. The van der Waals surface area contributed by atoms with Gasteiger partial charge in [-0.15, -0.1) is 0 Å². The van der Waals surface area contributed by atoms with Crippen molar-refractivity contribution in [1.29, 1.82) is 0 Å². The predicted molar refractivity (Wildman–Crippen MR) is 65.5 cm³/mol. The summed E-state index contributed by atoms with van der Waals surface area (Å²) in [5, 5.41) is 11.6. The average Bonchev–Trinajstić information content (AvgIpc) is 2.40. The average molecular weight is 248 g/mol. The molecule has 5 heteroatoms. The first kappa shape index (κ1) is 12.6. The maximum Gasteiger partial charge on any atom is 0.248 e. The predicted octanol–water partition coefficient (Wildman–Crippen LogP) is -0.106. The van der Waals surface area contributed by atoms with Crippen molar-refractivity contribution in [1.82, 2.24) is 10.2 Å². The number of aliphatic hydroxyl groups is 1. The molecule has 0 aliphatic carbocycles. The molecule has 1 aliphatic rings. The summed E-state index contributed by atoms with van der Waals surface area (Å²) in [7, 11) is 0. The van der Waals surface area contributed by atoms with Gasteiger partial charge in [-0.1, -0.05) is 30.3 Å². The van der Waals surface area contributed by atoms with Gasteiger partial charge in [0, 0.05) is 6.54 Å². The zero-order chi connectivity index (χ0) is 13.1. The van der Waals surface area contributed by atoms with Gasteiger partial charge in [-0.25, -0.2) is 0 Å². The fourth-order valence-electron chi connectivity index (χ4n) is 2.01. The molecule has 2 amide bonds. The molecule has 1 aliphatic heterocycles. The minimum Gasteiger partial charge on any atom is -0.394 e. The normalized spacial score (nSPS) is 24.0. The number of nitrogens with one attached hydrogen (secondary N) is 1. The number of amides is 2. The Hall–Kier alpha value is -1.88. The zero-order valence-electron chi connectivity index (χ0n) is 10.2. The minimum absolute atomic E-state index is 0.232. The number of piperazine rings is 1. The Morgan fingerprint density at radius 1 is 1.28 bits per heavy atom. The van der Waals surface area contributed by atoms with Crippen molar-refractivity contribution in [3.63, 3.8) is 0 Å². The van der Waals surface area contributed by atoms with Crippen molar-refractivity contribution < 1.29 is 14.7 Å². The number of benzene rings is 1. The summed E-state index contributed by atoms with van der Waals surface area (Å²) in [5.41, 5.74) is 0.962. The van der Waals surface area contributed by atoms with Crippen molar-refractivity contribution in [3.05, 3.63) is 35.9 Å². The van der Waals surface area contributed by atoms with Crippen molar-refractivity contribution >= 4 is 11.8 Å². The van der Waals surface area contributed by atoms with Gasteiger partial charge < -0.3 is 15.3 Å². The molecule has 0 spiro atoms. The smallest absolute Gasteiger partial charge is 0.248 e. The second-order valence-corrected chi connectivity index (χ2v) is 4.37. The van der Waals surface area contributed by atoms with Crippen LogP contribution in [0, 0.1) is 0 Å². The van der Waals surface area contributed by atoms with E-state index in [0.717, 1.165) is 5.56 Å². The van der Waals surface area contributed by atoms with Gasteiger partial charge in [0.25, 0.3) is 0 Å². The third-order valence-corrected chi connectivity index (χ3v) is 3.12. The van der Waals surface area contributed by atoms with Crippen molar-refractivity contribution in [2.24, 2.45) is 0 Å². The lowest BCUT2D eigenvalue weighted by atomic mass is 10.1. The Bertz CT molecular complexity index is 447. The highest BCUT2D eigenvalue weighted by atomic mass is 16.3. The highest BCUT2D eigenvalue weighted by Crippen LogP contribution is 2.14. The Balaban J connectivity index is 2.18. The van der Waals surface area contributed by atoms with Crippen LogP contribution in [0.1, 0.15) is 12.5 Å². The van der Waals surface area contributed by atoms with Gasteiger partial charge in [0.15, 0.2) is 0 Å². The van der Waals surface area contributed by atoms with Crippen LogP contribution in [0.25, 0.3) is 0 Å². The van der Waals surface area contributed by atoms with Crippen LogP contribution in [0.5, 0.6) is 0 Å². The third-order valence-electron chi connectivity index (χ3n) is 3.12. The highest BCUT2D eigenvalue weighted by Gasteiger charge is 2.37. The second-order valence-electron chi connectivity index (χ2n) is 4.37. The number of hydrogen-bond acceptors (Lipinski definition) is 3. The Morgan fingerprint density at radius 3 is 2.56 bits per heavy atom. The first-order valence-corrected chi connectivity index (χ1v) is 5.89. The van der Waals surface area contributed by atoms with Gasteiger partial charge in [-0.2, -0.15) is 0 Å². The fourth-order valence-corrected chi connectivity index (χ4v) is 2.01. The largest absolute Gasteiger partial charge is 0.394 e. The van der Waals surface area contributed by atoms with Crippen LogP contribution in [-0.4, -0.2) is 40.5 Å². The van der Waals surface area contributed by atoms with E-state index in [2.05, 4.69) is 5.32 Å². The molecule has 2 atom stereocenters. The molecule has 0 unspecified atom stereocenters. The zero-order valence-corrected chi connectivity index (χ0v) is 10.2. The van der Waals surface area contributed by atoms with Crippen LogP contribution in [0.15, 0.2) is 30.3 Å². The maximum absolute atomic E-state index is 12.1. The molecule has 1 heterocycles. The van der Waals surface area contributed by atoms with E-state index in [1.807, 2.05) is 30.3 Å². The van der Waals surface area contributed by atoms with E-state index in [4.69, 9.17) is 5.11 Å². The lowest BCUT2D eigenvalue weighted by molar-refractivity contribution is -0.150. The summed E-state index contributed by atoms with van der Waals surface area (Å²) in [6.07, 6.45) is 0. The van der Waals surface area contributed by atoms with Crippen LogP contribution in [0.4, 0.5) is 0 Å². The van der Waals surface area contributed by atoms with E-state index >= 15 is 0 Å². The Kier molecular flexibility index (Phi) is 3.62. The fraction of sp³-hybridized carbons (Fsp3) is 0.385. The molecule has 96 valence electrons. The molecule has 0 saturated carbocycles. The molecule has 0 bridgehead atoms. The molecule has 2 N–H and O–H groups in total. The van der Waals surface area contributed by atoms with Crippen molar-refractivity contribution in [2.75, 3.05) is 6.61 Å². The van der Waals surface area contributed by atoms with Crippen LogP contribution in [0.3, 0.4) is 0 Å². The van der Waals surface area contributed by atoms with Gasteiger partial charge in [-0.3, -0.25) is 9.59 Å². The molecular formula is C13H16N2O3. The molecule has 1 aromatic carbocycles. The van der Waals surface area contributed by atoms with Crippen LogP contribution in [-0.2, 0) is 16.1 Å². The van der Waals surface area contributed by atoms with E-state index in [9.17, 15) is 9.59 Å². The van der Waals surface area contributed by atoms with Gasteiger partial charge in [0.2, 0.25) is 11.8 Å². The van der Waals surface area contributed by atoms with Crippen LogP contribution in [0.2, 0.25) is 0 Å². The molecule has 1 aromatic rings. The number of carbonyl (C=O) groups excluding carboxylic acids is 2. The van der Waals surface area contributed by atoms with Gasteiger partial charge >= 0.3 is 0 Å². The first-order chi connectivity index (χ1) is 8.63. The molecule has 0 aromatic heterocycles. The summed E-state index contributed by atoms with van der Waals surface area (Å²) < 4.78 is 0. The SMILES string of the molecule is C[C@H]1C(=O)N[C@H](CO)C(=O)N1Cc1ccccc1. The van der Waals surface area contributed by atoms with Gasteiger partial charge in [0.05, 0.1) is 6.61 Å². The second kappa shape index (κ2) is 5.18. The molecule has 1 fully saturated rings. The summed E-state index contributed by atoms with van der Waals surface area (Å²) >= 11 is 0. The standard InChI is InChI=1S/C13H16N2O3/c1-9-12(17)14-11(8-16)13(18)15(9)7-10-5-3-2-4-6-10/h2-6,9,11,16H,7-8H2,1H3,(H,14,17)/t9-,11+/m0/s1. The number of nitrogens with zero attached hydrogens (tertiary/aromatic N) is 1. The molecule has 2 rings (SSSR count). The minimum atomic E-state index is -0.822. The Labute approximate surface area is 105 Å². The summed E-state index contributed by atoms with van der Waals surface area (Å²) in [5.74, 6) is -0.474. The molecule has 18 heavy (non-hydrogen) atoms.